The molecule has 0 aliphatic heterocycles. The Labute approximate surface area is 124 Å². The van der Waals surface area contributed by atoms with Crippen molar-refractivity contribution in [3.8, 4) is 5.88 Å². The van der Waals surface area contributed by atoms with Crippen molar-refractivity contribution >= 4 is 11.8 Å². The highest BCUT2D eigenvalue weighted by molar-refractivity contribution is 5.75. The van der Waals surface area contributed by atoms with Gasteiger partial charge in [-0.1, -0.05) is 6.92 Å². The first-order valence-corrected chi connectivity index (χ1v) is 7.48. The van der Waals surface area contributed by atoms with Gasteiger partial charge in [-0.3, -0.25) is 4.79 Å². The lowest BCUT2D eigenvalue weighted by molar-refractivity contribution is -0.150. The minimum absolute atomic E-state index is 0.387. The molecule has 2 N–H and O–H groups in total. The van der Waals surface area contributed by atoms with E-state index in [9.17, 15) is 9.90 Å². The molecule has 0 bridgehead atoms. The van der Waals surface area contributed by atoms with E-state index < -0.39 is 11.4 Å². The molecular weight excluding hydrogens is 270 g/mol. The monoisotopic (exact) mass is 293 g/mol. The van der Waals surface area contributed by atoms with E-state index in [2.05, 4.69) is 22.2 Å². The van der Waals surface area contributed by atoms with Crippen molar-refractivity contribution in [2.24, 2.45) is 11.3 Å². The molecule has 6 nitrogen and oxygen atoms in total. The molecule has 2 rings (SSSR count). The van der Waals surface area contributed by atoms with Crippen LogP contribution in [0, 0.1) is 11.3 Å². The summed E-state index contributed by atoms with van der Waals surface area (Å²) in [5.41, 5.74) is -0.691. The molecule has 0 aromatic carbocycles. The number of carboxylic acids is 1. The van der Waals surface area contributed by atoms with Gasteiger partial charge in [0.1, 0.15) is 12.1 Å². The fraction of sp³-hybridized carbons (Fsp3) is 0.667. The quantitative estimate of drug-likeness (QED) is 0.838. The number of carbonyl (C=O) groups is 1. The van der Waals surface area contributed by atoms with Crippen LogP contribution in [0.4, 0.5) is 5.82 Å². The van der Waals surface area contributed by atoms with Crippen LogP contribution in [0.2, 0.25) is 0 Å². The van der Waals surface area contributed by atoms with Crippen LogP contribution in [0.1, 0.15) is 39.5 Å². The molecule has 0 saturated heterocycles. The zero-order chi connectivity index (χ0) is 15.3. The number of aliphatic carboxylic acids is 1. The topological polar surface area (TPSA) is 84.3 Å². The molecule has 1 aromatic rings. The van der Waals surface area contributed by atoms with E-state index in [1.165, 1.54) is 6.33 Å². The van der Waals surface area contributed by atoms with Crippen molar-refractivity contribution in [3.63, 3.8) is 0 Å². The number of hydrogen-bond acceptors (Lipinski definition) is 5. The minimum atomic E-state index is -0.721. The number of anilines is 1. The molecule has 0 spiro atoms. The number of aromatic nitrogens is 2. The molecule has 0 unspecified atom stereocenters. The fourth-order valence-corrected chi connectivity index (χ4v) is 2.70. The maximum Gasteiger partial charge on any atom is 0.311 e. The Morgan fingerprint density at radius 2 is 2.19 bits per heavy atom. The smallest absolute Gasteiger partial charge is 0.311 e. The second kappa shape index (κ2) is 6.74. The summed E-state index contributed by atoms with van der Waals surface area (Å²) >= 11 is 0. The first kappa shape index (κ1) is 15.5. The Kier molecular flexibility index (Phi) is 4.98. The van der Waals surface area contributed by atoms with Crippen LogP contribution in [0.3, 0.4) is 0 Å². The first-order valence-electron chi connectivity index (χ1n) is 7.48. The number of nitrogens with zero attached hydrogens (tertiary/aromatic N) is 2. The lowest BCUT2D eigenvalue weighted by atomic mass is 9.71. The first-order chi connectivity index (χ1) is 10.1. The zero-order valence-electron chi connectivity index (χ0n) is 12.6. The molecule has 1 aromatic heterocycles. The summed E-state index contributed by atoms with van der Waals surface area (Å²) < 4.78 is 5.32. The molecule has 0 radical (unpaired) electrons. The number of rotatable bonds is 6. The van der Waals surface area contributed by atoms with Crippen LogP contribution in [-0.4, -0.2) is 34.2 Å². The molecule has 0 amide bonds. The van der Waals surface area contributed by atoms with Crippen molar-refractivity contribution in [2.45, 2.75) is 39.5 Å². The molecule has 1 fully saturated rings. The molecule has 6 heteroatoms. The molecule has 0 atom stereocenters. The average molecular weight is 293 g/mol. The van der Waals surface area contributed by atoms with Gasteiger partial charge in [0.2, 0.25) is 5.88 Å². The lowest BCUT2D eigenvalue weighted by Gasteiger charge is -2.35. The van der Waals surface area contributed by atoms with E-state index in [0.717, 1.165) is 12.8 Å². The highest BCUT2D eigenvalue weighted by Crippen LogP contribution is 2.39. The van der Waals surface area contributed by atoms with Crippen molar-refractivity contribution < 1.29 is 14.6 Å². The maximum absolute atomic E-state index is 11.7. The normalized spacial score (nSPS) is 25.3. The van der Waals surface area contributed by atoms with Crippen molar-refractivity contribution in [3.05, 3.63) is 12.4 Å². The predicted molar refractivity (Wildman–Crippen MR) is 79.4 cm³/mol. The van der Waals surface area contributed by atoms with E-state index in [-0.39, 0.29) is 0 Å². The Morgan fingerprint density at radius 3 is 2.81 bits per heavy atom. The third kappa shape index (κ3) is 3.83. The Morgan fingerprint density at radius 1 is 1.48 bits per heavy atom. The van der Waals surface area contributed by atoms with Gasteiger partial charge in [-0.25, -0.2) is 9.97 Å². The highest BCUT2D eigenvalue weighted by Gasteiger charge is 2.41. The van der Waals surface area contributed by atoms with Gasteiger partial charge >= 0.3 is 5.97 Å². The van der Waals surface area contributed by atoms with Crippen LogP contribution >= 0.6 is 0 Å². The van der Waals surface area contributed by atoms with Crippen molar-refractivity contribution in [2.75, 3.05) is 18.5 Å². The number of nitrogens with one attached hydrogen (secondary N) is 1. The number of carboxylic acid groups (broad SMARTS) is 1. The van der Waals surface area contributed by atoms with Crippen molar-refractivity contribution in [1.29, 1.82) is 0 Å². The standard InChI is InChI=1S/C15H23N3O3/c1-3-21-13-8-12(17-10-18-13)16-9-15(14(19)20)6-4-11(2)5-7-15/h8,10-11H,3-7,9H2,1-2H3,(H,19,20)(H,16,17,18). The highest BCUT2D eigenvalue weighted by atomic mass is 16.5. The molecule has 1 saturated carbocycles. The molecule has 21 heavy (non-hydrogen) atoms. The number of ether oxygens (including phenoxy) is 1. The SMILES string of the molecule is CCOc1cc(NCC2(C(=O)O)CCC(C)CC2)ncn1. The molecular formula is C15H23N3O3. The lowest BCUT2D eigenvalue weighted by Crippen LogP contribution is -2.41. The summed E-state index contributed by atoms with van der Waals surface area (Å²) in [6.45, 7) is 4.99. The van der Waals surface area contributed by atoms with Gasteiger partial charge < -0.3 is 15.2 Å². The Hall–Kier alpha value is -1.85. The van der Waals surface area contributed by atoms with E-state index in [4.69, 9.17) is 4.74 Å². The van der Waals surface area contributed by atoms with Gasteiger partial charge in [-0.15, -0.1) is 0 Å². The van der Waals surface area contributed by atoms with Gasteiger partial charge in [0.25, 0.3) is 0 Å². The maximum atomic E-state index is 11.7. The molecule has 116 valence electrons. The summed E-state index contributed by atoms with van der Waals surface area (Å²) in [4.78, 5) is 19.8. The Bertz CT molecular complexity index is 485. The second-order valence-electron chi connectivity index (χ2n) is 5.80. The van der Waals surface area contributed by atoms with Crippen LogP contribution in [0.15, 0.2) is 12.4 Å². The van der Waals surface area contributed by atoms with E-state index in [0.29, 0.717) is 43.6 Å². The van der Waals surface area contributed by atoms with Gasteiger partial charge in [-0.2, -0.15) is 0 Å². The van der Waals surface area contributed by atoms with E-state index in [1.54, 1.807) is 6.07 Å². The average Bonchev–Trinajstić information content (AvgIpc) is 2.47. The van der Waals surface area contributed by atoms with Crippen molar-refractivity contribution in [1.82, 2.24) is 9.97 Å². The molecule has 1 aliphatic rings. The summed E-state index contributed by atoms with van der Waals surface area (Å²) in [5.74, 6) is 0.992. The summed E-state index contributed by atoms with van der Waals surface area (Å²) in [6, 6.07) is 1.70. The molecule has 1 aliphatic carbocycles. The fourth-order valence-electron chi connectivity index (χ4n) is 2.70. The van der Waals surface area contributed by atoms with Crippen LogP contribution in [-0.2, 0) is 4.79 Å². The van der Waals surface area contributed by atoms with Gasteiger partial charge in [-0.05, 0) is 38.5 Å². The van der Waals surface area contributed by atoms with Crippen LogP contribution < -0.4 is 10.1 Å². The minimum Gasteiger partial charge on any atom is -0.481 e. The summed E-state index contributed by atoms with van der Waals surface area (Å²) in [7, 11) is 0. The van der Waals surface area contributed by atoms with E-state index in [1.807, 2.05) is 6.92 Å². The van der Waals surface area contributed by atoms with Gasteiger partial charge in [0, 0.05) is 12.6 Å². The second-order valence-corrected chi connectivity index (χ2v) is 5.80. The third-order valence-electron chi connectivity index (χ3n) is 4.23. The third-order valence-corrected chi connectivity index (χ3v) is 4.23. The van der Waals surface area contributed by atoms with Crippen LogP contribution in [0.5, 0.6) is 5.88 Å². The largest absolute Gasteiger partial charge is 0.481 e. The van der Waals surface area contributed by atoms with Gasteiger partial charge in [0.15, 0.2) is 0 Å². The summed E-state index contributed by atoms with van der Waals surface area (Å²) in [5, 5.41) is 12.7. The van der Waals surface area contributed by atoms with Gasteiger partial charge in [0.05, 0.1) is 12.0 Å². The molecule has 1 heterocycles. The summed E-state index contributed by atoms with van der Waals surface area (Å²) in [6.07, 6.45) is 4.76. The predicted octanol–water partition coefficient (Wildman–Crippen LogP) is 2.57. The van der Waals surface area contributed by atoms with Crippen LogP contribution in [0.25, 0.3) is 0 Å². The number of hydrogen-bond donors (Lipinski definition) is 2. The van der Waals surface area contributed by atoms with E-state index >= 15 is 0 Å². The zero-order valence-corrected chi connectivity index (χ0v) is 12.6. The Balaban J connectivity index is 2.02.